The third-order valence-electron chi connectivity index (χ3n) is 4.79. The fraction of sp³-hybridized carbons (Fsp3) is 0.318. The topological polar surface area (TPSA) is 59.5 Å². The van der Waals surface area contributed by atoms with Crippen LogP contribution in [0.5, 0.6) is 5.75 Å². The number of rotatable bonds is 3. The van der Waals surface area contributed by atoms with Crippen LogP contribution >= 0.6 is 11.6 Å². The molecule has 0 N–H and O–H groups in total. The van der Waals surface area contributed by atoms with Crippen molar-refractivity contribution in [1.29, 1.82) is 0 Å². The van der Waals surface area contributed by atoms with E-state index in [1.54, 1.807) is 6.07 Å². The summed E-state index contributed by atoms with van der Waals surface area (Å²) in [5.41, 5.74) is 3.55. The molecule has 0 amide bonds. The summed E-state index contributed by atoms with van der Waals surface area (Å²) in [4.78, 5) is 4.46. The van der Waals surface area contributed by atoms with Gasteiger partial charge in [-0.2, -0.15) is 4.31 Å². The van der Waals surface area contributed by atoms with Crippen LogP contribution in [0.15, 0.2) is 46.9 Å². The maximum atomic E-state index is 13.1. The number of piperidine rings is 1. The number of methoxy groups -OCH3 is 1. The molecule has 0 bridgehead atoms. The van der Waals surface area contributed by atoms with Crippen LogP contribution < -0.4 is 4.74 Å². The summed E-state index contributed by atoms with van der Waals surface area (Å²) < 4.78 is 33.0. The SMILES string of the molecule is COc1cc(C)c(Cl)cc1S(=O)(=O)N1CCC(=CC#Cc2cccc(C)n2)CC1. The molecule has 1 fully saturated rings. The fourth-order valence-corrected chi connectivity index (χ4v) is 4.95. The van der Waals surface area contributed by atoms with Crippen LogP contribution in [0.3, 0.4) is 0 Å². The third-order valence-corrected chi connectivity index (χ3v) is 7.12. The van der Waals surface area contributed by atoms with Gasteiger partial charge in [-0.3, -0.25) is 0 Å². The third kappa shape index (κ3) is 4.99. The number of hydrogen-bond acceptors (Lipinski definition) is 4. The number of benzene rings is 1. The molecule has 2 aromatic rings. The van der Waals surface area contributed by atoms with E-state index >= 15 is 0 Å². The lowest BCUT2D eigenvalue weighted by atomic mass is 10.1. The zero-order valence-electron chi connectivity index (χ0n) is 16.7. The molecule has 1 aromatic heterocycles. The maximum Gasteiger partial charge on any atom is 0.246 e. The predicted octanol–water partition coefficient (Wildman–Crippen LogP) is 4.12. The van der Waals surface area contributed by atoms with E-state index < -0.39 is 10.0 Å². The number of sulfonamides is 1. The lowest BCUT2D eigenvalue weighted by Gasteiger charge is -2.28. The van der Waals surface area contributed by atoms with Crippen LogP contribution in [0.25, 0.3) is 0 Å². The standard InChI is InChI=1S/C22H23ClN2O3S/c1-16-14-21(28-3)22(15-20(16)23)29(26,27)25-12-10-18(11-13-25)7-5-9-19-8-4-6-17(2)24-19/h4,6-8,14-15H,10-13H2,1-3H3. The Morgan fingerprint density at radius 1 is 1.21 bits per heavy atom. The lowest BCUT2D eigenvalue weighted by Crippen LogP contribution is -2.36. The molecule has 0 unspecified atom stereocenters. The van der Waals surface area contributed by atoms with E-state index in [1.165, 1.54) is 17.5 Å². The Bertz CT molecular complexity index is 1100. The highest BCUT2D eigenvalue weighted by atomic mass is 35.5. The van der Waals surface area contributed by atoms with Gasteiger partial charge in [0.05, 0.1) is 7.11 Å². The quantitative estimate of drug-likeness (QED) is 0.687. The Morgan fingerprint density at radius 2 is 1.93 bits per heavy atom. The first kappa shape index (κ1) is 21.4. The number of aryl methyl sites for hydroxylation is 2. The fourth-order valence-electron chi connectivity index (χ4n) is 3.12. The van der Waals surface area contributed by atoms with Crippen molar-refractivity contribution in [3.05, 3.63) is 64.0 Å². The van der Waals surface area contributed by atoms with Crippen molar-refractivity contribution in [1.82, 2.24) is 9.29 Å². The van der Waals surface area contributed by atoms with Gasteiger partial charge in [0.1, 0.15) is 16.3 Å². The van der Waals surface area contributed by atoms with Gasteiger partial charge in [0.15, 0.2) is 0 Å². The second-order valence-corrected chi connectivity index (χ2v) is 9.21. The van der Waals surface area contributed by atoms with E-state index in [1.807, 2.05) is 38.1 Å². The smallest absolute Gasteiger partial charge is 0.246 e. The molecule has 152 valence electrons. The van der Waals surface area contributed by atoms with Crippen molar-refractivity contribution in [2.24, 2.45) is 0 Å². The van der Waals surface area contributed by atoms with E-state index in [4.69, 9.17) is 16.3 Å². The molecule has 1 aliphatic heterocycles. The predicted molar refractivity (Wildman–Crippen MR) is 115 cm³/mol. The van der Waals surface area contributed by atoms with Crippen LogP contribution in [0.2, 0.25) is 5.02 Å². The molecule has 2 heterocycles. The molecule has 7 heteroatoms. The van der Waals surface area contributed by atoms with Gasteiger partial charge in [-0.25, -0.2) is 13.4 Å². The Hall–Kier alpha value is -2.33. The van der Waals surface area contributed by atoms with E-state index in [0.29, 0.717) is 36.7 Å². The summed E-state index contributed by atoms with van der Waals surface area (Å²) in [6.45, 7) is 4.53. The molecule has 0 atom stereocenters. The van der Waals surface area contributed by atoms with Crippen molar-refractivity contribution in [2.75, 3.05) is 20.2 Å². The highest BCUT2D eigenvalue weighted by Gasteiger charge is 2.30. The van der Waals surface area contributed by atoms with E-state index in [-0.39, 0.29) is 4.90 Å². The highest BCUT2D eigenvalue weighted by molar-refractivity contribution is 7.89. The number of nitrogens with zero attached hydrogens (tertiary/aromatic N) is 2. The first-order valence-corrected chi connectivity index (χ1v) is 11.1. The molecule has 1 saturated heterocycles. The van der Waals surface area contributed by atoms with Crippen molar-refractivity contribution in [2.45, 2.75) is 31.6 Å². The Balaban J connectivity index is 1.73. The minimum absolute atomic E-state index is 0.105. The monoisotopic (exact) mass is 430 g/mol. The normalized spacial score (nSPS) is 14.8. The van der Waals surface area contributed by atoms with Crippen LogP contribution in [0.1, 0.15) is 29.8 Å². The summed E-state index contributed by atoms with van der Waals surface area (Å²) >= 11 is 6.16. The molecule has 5 nitrogen and oxygen atoms in total. The number of ether oxygens (including phenoxy) is 1. The van der Waals surface area contributed by atoms with E-state index in [2.05, 4.69) is 16.8 Å². The van der Waals surface area contributed by atoms with Gasteiger partial charge in [-0.05, 0) is 68.5 Å². The molecule has 29 heavy (non-hydrogen) atoms. The number of halogens is 1. The van der Waals surface area contributed by atoms with Crippen LogP contribution in [-0.2, 0) is 10.0 Å². The molecule has 0 saturated carbocycles. The minimum Gasteiger partial charge on any atom is -0.495 e. The molecule has 0 radical (unpaired) electrons. The number of pyridine rings is 1. The molecule has 0 aliphatic carbocycles. The Kier molecular flexibility index (Phi) is 6.63. The van der Waals surface area contributed by atoms with Crippen LogP contribution in [-0.4, -0.2) is 37.9 Å². The van der Waals surface area contributed by atoms with Gasteiger partial charge in [0.25, 0.3) is 0 Å². The molecular formula is C22H23ClN2O3S. The van der Waals surface area contributed by atoms with Gasteiger partial charge < -0.3 is 4.74 Å². The largest absolute Gasteiger partial charge is 0.495 e. The molecule has 3 rings (SSSR count). The van der Waals surface area contributed by atoms with Gasteiger partial charge in [0.2, 0.25) is 10.0 Å². The van der Waals surface area contributed by atoms with Gasteiger partial charge in [-0.1, -0.05) is 29.2 Å². The number of aromatic nitrogens is 1. The molecule has 1 aromatic carbocycles. The van der Waals surface area contributed by atoms with E-state index in [0.717, 1.165) is 22.5 Å². The number of hydrogen-bond donors (Lipinski definition) is 0. The van der Waals surface area contributed by atoms with Gasteiger partial charge in [-0.15, -0.1) is 0 Å². The zero-order chi connectivity index (χ0) is 21.0. The zero-order valence-corrected chi connectivity index (χ0v) is 18.3. The average molecular weight is 431 g/mol. The maximum absolute atomic E-state index is 13.1. The summed E-state index contributed by atoms with van der Waals surface area (Å²) in [5, 5.41) is 0.405. The van der Waals surface area contributed by atoms with Crippen molar-refractivity contribution < 1.29 is 13.2 Å². The minimum atomic E-state index is -3.69. The van der Waals surface area contributed by atoms with Crippen molar-refractivity contribution in [3.8, 4) is 17.6 Å². The molecule has 1 aliphatic rings. The second kappa shape index (κ2) is 9.00. The summed E-state index contributed by atoms with van der Waals surface area (Å²) in [6, 6.07) is 8.84. The molecular weight excluding hydrogens is 408 g/mol. The summed E-state index contributed by atoms with van der Waals surface area (Å²) in [7, 11) is -2.23. The highest BCUT2D eigenvalue weighted by Crippen LogP contribution is 2.33. The Labute approximate surface area is 177 Å². The van der Waals surface area contributed by atoms with Crippen LogP contribution in [0, 0.1) is 25.7 Å². The number of allylic oxidation sites excluding steroid dienone is 1. The van der Waals surface area contributed by atoms with Gasteiger partial charge in [0, 0.05) is 23.8 Å². The Morgan fingerprint density at radius 3 is 2.59 bits per heavy atom. The van der Waals surface area contributed by atoms with Crippen molar-refractivity contribution >= 4 is 21.6 Å². The summed E-state index contributed by atoms with van der Waals surface area (Å²) in [6.07, 6.45) is 3.14. The summed E-state index contributed by atoms with van der Waals surface area (Å²) in [5.74, 6) is 6.37. The lowest BCUT2D eigenvalue weighted by molar-refractivity contribution is 0.375. The second-order valence-electron chi connectivity index (χ2n) is 6.89. The first-order valence-electron chi connectivity index (χ1n) is 9.28. The average Bonchev–Trinajstić information content (AvgIpc) is 2.70. The van der Waals surface area contributed by atoms with E-state index in [9.17, 15) is 8.42 Å². The van der Waals surface area contributed by atoms with Crippen LogP contribution in [0.4, 0.5) is 0 Å². The molecule has 0 spiro atoms. The van der Waals surface area contributed by atoms with Gasteiger partial charge >= 0.3 is 0 Å². The first-order chi connectivity index (χ1) is 13.8. The van der Waals surface area contributed by atoms with Crippen molar-refractivity contribution in [3.63, 3.8) is 0 Å².